The van der Waals surface area contributed by atoms with Gasteiger partial charge in [-0.1, -0.05) is 0 Å². The van der Waals surface area contributed by atoms with Crippen LogP contribution in [-0.4, -0.2) is 61.3 Å². The van der Waals surface area contributed by atoms with E-state index in [1.165, 1.54) is 14.2 Å². The number of methoxy groups -OCH3 is 2. The molecule has 1 N–H and O–H groups in total. The van der Waals surface area contributed by atoms with E-state index in [2.05, 4.69) is 9.97 Å². The number of H-pyrrole nitrogens is 1. The van der Waals surface area contributed by atoms with Gasteiger partial charge in [0.15, 0.2) is 0 Å². The molecule has 7 nitrogen and oxygen atoms in total. The fraction of sp³-hybridized carbons (Fsp3) is 0.417. The monoisotopic (exact) mass is 459 g/mol. The molecule has 1 fully saturated rings. The van der Waals surface area contributed by atoms with E-state index in [4.69, 9.17) is 14.2 Å². The zero-order valence-corrected chi connectivity index (χ0v) is 19.1. The lowest BCUT2D eigenvalue weighted by atomic mass is 10.0. The Balaban J connectivity index is 1.59. The van der Waals surface area contributed by atoms with Gasteiger partial charge in [-0.15, -0.1) is 0 Å². The number of hydrogen-bond acceptors (Lipinski definition) is 6. The zero-order valence-electron chi connectivity index (χ0n) is 19.1. The first kappa shape index (κ1) is 23.0. The molecule has 3 aromatic rings. The average Bonchev–Trinajstić information content (AvgIpc) is 3.12. The van der Waals surface area contributed by atoms with Crippen molar-refractivity contribution in [2.45, 2.75) is 26.2 Å². The number of alkyl halides is 2. The molecule has 0 unspecified atom stereocenters. The van der Waals surface area contributed by atoms with Crippen molar-refractivity contribution >= 4 is 10.9 Å². The number of aromatic amines is 1. The lowest BCUT2D eigenvalue weighted by Crippen LogP contribution is -2.29. The van der Waals surface area contributed by atoms with Crippen molar-refractivity contribution in [2.24, 2.45) is 0 Å². The largest absolute Gasteiger partial charge is 0.497 e. The van der Waals surface area contributed by atoms with E-state index in [0.29, 0.717) is 53.7 Å². The smallest absolute Gasteiger partial charge is 0.262 e. The summed E-state index contributed by atoms with van der Waals surface area (Å²) in [5.74, 6) is -0.562. The second-order valence-electron chi connectivity index (χ2n) is 8.31. The number of ether oxygens (including phenoxy) is 3. The molecule has 2 heterocycles. The fourth-order valence-electron chi connectivity index (χ4n) is 4.22. The maximum Gasteiger partial charge on any atom is 0.262 e. The van der Waals surface area contributed by atoms with Crippen molar-refractivity contribution in [3.63, 3.8) is 0 Å². The molecule has 0 saturated carbocycles. The minimum absolute atomic E-state index is 0.103. The molecule has 1 aliphatic rings. The van der Waals surface area contributed by atoms with Gasteiger partial charge in [0, 0.05) is 37.2 Å². The second-order valence-corrected chi connectivity index (χ2v) is 8.31. The lowest BCUT2D eigenvalue weighted by molar-refractivity contribution is 0.0112. The molecule has 2 aromatic carbocycles. The standard InChI is InChI=1S/C24H27F2N3O4/c1-14-9-16(10-15(2)21(14)33-8-7-29-6-5-24(25,26)13-29)22-27-18-11-17(31-3)12-19(32-4)20(18)23(30)28-22/h9-12H,5-8,13H2,1-4H3,(H,27,28,30). The van der Waals surface area contributed by atoms with Crippen LogP contribution in [0.5, 0.6) is 17.2 Å². The van der Waals surface area contributed by atoms with Crippen LogP contribution in [0.15, 0.2) is 29.1 Å². The maximum absolute atomic E-state index is 13.4. The first-order chi connectivity index (χ1) is 15.7. The second kappa shape index (κ2) is 8.97. The Morgan fingerprint density at radius 2 is 1.85 bits per heavy atom. The van der Waals surface area contributed by atoms with E-state index in [1.54, 1.807) is 17.0 Å². The Bertz CT molecular complexity index is 1220. The van der Waals surface area contributed by atoms with E-state index < -0.39 is 5.92 Å². The van der Waals surface area contributed by atoms with Crippen molar-refractivity contribution < 1.29 is 23.0 Å². The number of rotatable bonds is 7. The summed E-state index contributed by atoms with van der Waals surface area (Å²) < 4.78 is 43.3. The van der Waals surface area contributed by atoms with Crippen LogP contribution in [0, 0.1) is 13.8 Å². The van der Waals surface area contributed by atoms with Crippen LogP contribution >= 0.6 is 0 Å². The van der Waals surface area contributed by atoms with Gasteiger partial charge in [-0.2, -0.15) is 0 Å². The Morgan fingerprint density at radius 1 is 1.12 bits per heavy atom. The van der Waals surface area contributed by atoms with Crippen LogP contribution in [0.25, 0.3) is 22.3 Å². The van der Waals surface area contributed by atoms with Crippen LogP contribution in [0.4, 0.5) is 8.78 Å². The highest BCUT2D eigenvalue weighted by Crippen LogP contribution is 2.32. The van der Waals surface area contributed by atoms with Crippen LogP contribution in [-0.2, 0) is 0 Å². The van der Waals surface area contributed by atoms with Crippen molar-refractivity contribution in [1.82, 2.24) is 14.9 Å². The molecule has 33 heavy (non-hydrogen) atoms. The molecule has 0 aliphatic carbocycles. The van der Waals surface area contributed by atoms with Gasteiger partial charge in [-0.3, -0.25) is 9.69 Å². The Kier molecular flexibility index (Phi) is 6.25. The molecule has 4 rings (SSSR count). The number of aryl methyl sites for hydroxylation is 2. The summed E-state index contributed by atoms with van der Waals surface area (Å²) >= 11 is 0. The van der Waals surface area contributed by atoms with Crippen LogP contribution in [0.1, 0.15) is 17.5 Å². The number of halogens is 2. The van der Waals surface area contributed by atoms with Crippen LogP contribution in [0.2, 0.25) is 0 Å². The molecule has 1 aliphatic heterocycles. The third-order valence-corrected chi connectivity index (χ3v) is 5.84. The quantitative estimate of drug-likeness (QED) is 0.577. The minimum atomic E-state index is -2.61. The predicted octanol–water partition coefficient (Wildman–Crippen LogP) is 3.94. The SMILES string of the molecule is COc1cc(OC)c2c(=O)[nH]c(-c3cc(C)c(OCCN4CCC(F)(F)C4)c(C)c3)nc2c1. The lowest BCUT2D eigenvalue weighted by Gasteiger charge is -2.18. The number of nitrogens with one attached hydrogen (secondary N) is 1. The molecular weight excluding hydrogens is 432 g/mol. The van der Waals surface area contributed by atoms with Crippen molar-refractivity contribution in [3.05, 3.63) is 45.7 Å². The number of fused-ring (bicyclic) bond motifs is 1. The highest BCUT2D eigenvalue weighted by atomic mass is 19.3. The first-order valence-corrected chi connectivity index (χ1v) is 10.7. The van der Waals surface area contributed by atoms with E-state index in [1.807, 2.05) is 26.0 Å². The Hall–Kier alpha value is -3.20. The van der Waals surface area contributed by atoms with Crippen LogP contribution < -0.4 is 19.8 Å². The normalized spacial score (nSPS) is 15.7. The third kappa shape index (κ3) is 4.78. The topological polar surface area (TPSA) is 76.7 Å². The van der Waals surface area contributed by atoms with E-state index in [-0.39, 0.29) is 18.5 Å². The van der Waals surface area contributed by atoms with Gasteiger partial charge >= 0.3 is 0 Å². The number of aromatic nitrogens is 2. The van der Waals surface area contributed by atoms with Gasteiger partial charge in [-0.25, -0.2) is 13.8 Å². The number of likely N-dealkylation sites (tertiary alicyclic amines) is 1. The molecule has 0 spiro atoms. The van der Waals surface area contributed by atoms with Gasteiger partial charge in [0.1, 0.15) is 35.1 Å². The molecule has 1 aromatic heterocycles. The van der Waals surface area contributed by atoms with Crippen molar-refractivity contribution in [1.29, 1.82) is 0 Å². The summed E-state index contributed by atoms with van der Waals surface area (Å²) in [5.41, 5.74) is 2.61. The van der Waals surface area contributed by atoms with Gasteiger partial charge in [0.25, 0.3) is 11.5 Å². The molecule has 0 amide bonds. The molecular formula is C24H27F2N3O4. The maximum atomic E-state index is 13.4. The molecule has 0 radical (unpaired) electrons. The number of nitrogens with zero attached hydrogens (tertiary/aromatic N) is 2. The molecule has 9 heteroatoms. The zero-order chi connectivity index (χ0) is 23.8. The van der Waals surface area contributed by atoms with Gasteiger partial charge in [0.05, 0.1) is 26.3 Å². The van der Waals surface area contributed by atoms with Crippen molar-refractivity contribution in [2.75, 3.05) is 40.5 Å². The van der Waals surface area contributed by atoms with Crippen LogP contribution in [0.3, 0.4) is 0 Å². The summed E-state index contributed by atoms with van der Waals surface area (Å²) in [5, 5.41) is 0.350. The molecule has 0 bridgehead atoms. The van der Waals surface area contributed by atoms with Gasteiger partial charge < -0.3 is 19.2 Å². The summed E-state index contributed by atoms with van der Waals surface area (Å²) in [6.07, 6.45) is -0.103. The third-order valence-electron chi connectivity index (χ3n) is 5.84. The van der Waals surface area contributed by atoms with Gasteiger partial charge in [0.2, 0.25) is 0 Å². The summed E-state index contributed by atoms with van der Waals surface area (Å²) in [4.78, 5) is 22.0. The highest BCUT2D eigenvalue weighted by molar-refractivity contribution is 5.87. The Morgan fingerprint density at radius 3 is 2.45 bits per heavy atom. The Labute approximate surface area is 190 Å². The highest BCUT2D eigenvalue weighted by Gasteiger charge is 2.37. The van der Waals surface area contributed by atoms with E-state index in [9.17, 15) is 13.6 Å². The minimum Gasteiger partial charge on any atom is -0.497 e. The summed E-state index contributed by atoms with van der Waals surface area (Å²) in [6.45, 7) is 4.73. The van der Waals surface area contributed by atoms with Crippen molar-refractivity contribution in [3.8, 4) is 28.6 Å². The number of hydrogen-bond donors (Lipinski definition) is 1. The summed E-state index contributed by atoms with van der Waals surface area (Å²) in [6, 6.07) is 7.10. The number of benzene rings is 2. The molecule has 1 saturated heterocycles. The molecule has 0 atom stereocenters. The first-order valence-electron chi connectivity index (χ1n) is 10.7. The van der Waals surface area contributed by atoms with Gasteiger partial charge in [-0.05, 0) is 37.1 Å². The molecule has 176 valence electrons. The van der Waals surface area contributed by atoms with E-state index in [0.717, 1.165) is 16.7 Å². The predicted molar refractivity (Wildman–Crippen MR) is 122 cm³/mol. The van der Waals surface area contributed by atoms with E-state index >= 15 is 0 Å². The fourth-order valence-corrected chi connectivity index (χ4v) is 4.22. The average molecular weight is 459 g/mol. The summed E-state index contributed by atoms with van der Waals surface area (Å²) in [7, 11) is 3.03.